The topological polar surface area (TPSA) is 61.9 Å². The summed E-state index contributed by atoms with van der Waals surface area (Å²) in [6.45, 7) is 6.03. The molecule has 0 spiro atoms. The quantitative estimate of drug-likeness (QED) is 0.903. The minimum atomic E-state index is -0.0775. The van der Waals surface area contributed by atoms with E-state index in [1.807, 2.05) is 34.1 Å². The lowest BCUT2D eigenvalue weighted by molar-refractivity contribution is -0.138. The van der Waals surface area contributed by atoms with Crippen LogP contribution in [0.5, 0.6) is 0 Å². The number of rotatable bonds is 3. The van der Waals surface area contributed by atoms with E-state index in [1.165, 1.54) is 0 Å². The van der Waals surface area contributed by atoms with Gasteiger partial charge in [-0.1, -0.05) is 25.1 Å². The number of para-hydroxylation sites is 1. The third-order valence-electron chi connectivity index (χ3n) is 5.31. The summed E-state index contributed by atoms with van der Waals surface area (Å²) in [5, 5.41) is 3.03. The summed E-state index contributed by atoms with van der Waals surface area (Å²) < 4.78 is 5.35. The lowest BCUT2D eigenvalue weighted by Crippen LogP contribution is -2.42. The summed E-state index contributed by atoms with van der Waals surface area (Å²) in [7, 11) is 0. The van der Waals surface area contributed by atoms with E-state index < -0.39 is 0 Å². The van der Waals surface area contributed by atoms with Crippen LogP contribution in [0.25, 0.3) is 0 Å². The molecule has 0 aromatic heterocycles. The second-order valence-electron chi connectivity index (χ2n) is 6.99. The number of nitrogens with one attached hydrogen (secondary N) is 1. The Hall–Kier alpha value is -2.08. The molecule has 2 fully saturated rings. The number of amides is 3. The first-order valence-corrected chi connectivity index (χ1v) is 9.69. The number of hydrogen-bond acceptors (Lipinski definition) is 3. The predicted molar refractivity (Wildman–Crippen MR) is 101 cm³/mol. The van der Waals surface area contributed by atoms with Gasteiger partial charge in [-0.3, -0.25) is 4.79 Å². The number of aryl methyl sites for hydroxylation is 1. The molecule has 142 valence electrons. The van der Waals surface area contributed by atoms with Crippen molar-refractivity contribution in [3.8, 4) is 0 Å². The van der Waals surface area contributed by atoms with Gasteiger partial charge in [0.1, 0.15) is 0 Å². The Bertz CT molecular complexity index is 628. The molecule has 0 saturated carbocycles. The fourth-order valence-corrected chi connectivity index (χ4v) is 3.69. The molecule has 6 nitrogen and oxygen atoms in total. The molecule has 2 heterocycles. The van der Waals surface area contributed by atoms with Gasteiger partial charge in [0, 0.05) is 51.0 Å². The van der Waals surface area contributed by atoms with Gasteiger partial charge in [-0.25, -0.2) is 4.79 Å². The fourth-order valence-electron chi connectivity index (χ4n) is 3.69. The molecule has 1 N–H and O–H groups in total. The zero-order valence-corrected chi connectivity index (χ0v) is 15.6. The summed E-state index contributed by atoms with van der Waals surface area (Å²) in [6, 6.07) is 7.82. The largest absolute Gasteiger partial charge is 0.381 e. The van der Waals surface area contributed by atoms with Crippen molar-refractivity contribution in [1.82, 2.24) is 9.80 Å². The number of nitrogens with zero attached hydrogens (tertiary/aromatic N) is 2. The molecule has 3 amide bonds. The number of carbonyl (C=O) groups excluding carboxylic acids is 2. The van der Waals surface area contributed by atoms with Crippen LogP contribution >= 0.6 is 0 Å². The van der Waals surface area contributed by atoms with Gasteiger partial charge in [-0.05, 0) is 37.3 Å². The number of carbonyl (C=O) groups is 2. The first-order chi connectivity index (χ1) is 12.7. The fraction of sp³-hybridized carbons (Fsp3) is 0.600. The van der Waals surface area contributed by atoms with E-state index >= 15 is 0 Å². The molecule has 26 heavy (non-hydrogen) atoms. The highest BCUT2D eigenvalue weighted by Gasteiger charge is 2.28. The van der Waals surface area contributed by atoms with Crippen LogP contribution < -0.4 is 5.32 Å². The monoisotopic (exact) mass is 359 g/mol. The van der Waals surface area contributed by atoms with E-state index in [-0.39, 0.29) is 17.9 Å². The molecule has 2 saturated heterocycles. The molecule has 1 aromatic carbocycles. The molecule has 0 bridgehead atoms. The Morgan fingerprint density at radius 1 is 1.08 bits per heavy atom. The second-order valence-corrected chi connectivity index (χ2v) is 6.99. The highest BCUT2D eigenvalue weighted by atomic mass is 16.5. The summed E-state index contributed by atoms with van der Waals surface area (Å²) in [6.07, 6.45) is 3.32. The number of ether oxygens (including phenoxy) is 1. The van der Waals surface area contributed by atoms with Crippen LogP contribution in [0.1, 0.15) is 31.7 Å². The minimum Gasteiger partial charge on any atom is -0.381 e. The Labute approximate surface area is 155 Å². The summed E-state index contributed by atoms with van der Waals surface area (Å²) in [5.74, 6) is 0.312. The average molecular weight is 359 g/mol. The van der Waals surface area contributed by atoms with Crippen molar-refractivity contribution >= 4 is 17.6 Å². The van der Waals surface area contributed by atoms with E-state index in [4.69, 9.17) is 4.74 Å². The third kappa shape index (κ3) is 4.55. The van der Waals surface area contributed by atoms with Gasteiger partial charge in [0.15, 0.2) is 0 Å². The second kappa shape index (κ2) is 9.03. The predicted octanol–water partition coefficient (Wildman–Crippen LogP) is 2.74. The van der Waals surface area contributed by atoms with Gasteiger partial charge >= 0.3 is 6.03 Å². The van der Waals surface area contributed by atoms with E-state index in [0.717, 1.165) is 43.5 Å². The van der Waals surface area contributed by atoms with Crippen LogP contribution in [0.4, 0.5) is 10.5 Å². The molecule has 2 aliphatic heterocycles. The van der Waals surface area contributed by atoms with E-state index in [1.54, 1.807) is 0 Å². The summed E-state index contributed by atoms with van der Waals surface area (Å²) in [5.41, 5.74) is 2.01. The highest BCUT2D eigenvalue weighted by Crippen LogP contribution is 2.20. The molecule has 3 rings (SSSR count). The molecular weight excluding hydrogens is 330 g/mol. The van der Waals surface area contributed by atoms with Crippen LogP contribution in [-0.2, 0) is 16.0 Å². The zero-order valence-electron chi connectivity index (χ0n) is 15.6. The molecule has 0 radical (unpaired) electrons. The normalized spacial score (nSPS) is 19.1. The van der Waals surface area contributed by atoms with Crippen molar-refractivity contribution in [2.45, 2.75) is 32.6 Å². The van der Waals surface area contributed by atoms with Crippen molar-refractivity contribution in [2.24, 2.45) is 5.92 Å². The number of benzene rings is 1. The van der Waals surface area contributed by atoms with Crippen LogP contribution in [0.2, 0.25) is 0 Å². The SMILES string of the molecule is CCc1ccccc1NC(=O)N1CCCN(C(=O)C2CCOCC2)CC1. The number of urea groups is 1. The maximum absolute atomic E-state index is 12.7. The molecule has 0 atom stereocenters. The smallest absolute Gasteiger partial charge is 0.321 e. The van der Waals surface area contributed by atoms with Gasteiger partial charge in [0.25, 0.3) is 0 Å². The van der Waals surface area contributed by atoms with E-state index in [9.17, 15) is 9.59 Å². The molecule has 1 aromatic rings. The van der Waals surface area contributed by atoms with Crippen molar-refractivity contribution in [3.63, 3.8) is 0 Å². The van der Waals surface area contributed by atoms with Gasteiger partial charge in [-0.15, -0.1) is 0 Å². The van der Waals surface area contributed by atoms with Gasteiger partial charge in [-0.2, -0.15) is 0 Å². The maximum Gasteiger partial charge on any atom is 0.321 e. The van der Waals surface area contributed by atoms with Crippen LogP contribution in [0.3, 0.4) is 0 Å². The van der Waals surface area contributed by atoms with E-state index in [0.29, 0.717) is 32.8 Å². The first kappa shape index (κ1) is 18.7. The lowest BCUT2D eigenvalue weighted by Gasteiger charge is -2.28. The maximum atomic E-state index is 12.7. The lowest BCUT2D eigenvalue weighted by atomic mass is 9.98. The molecule has 2 aliphatic rings. The Balaban J connectivity index is 1.56. The van der Waals surface area contributed by atoms with Crippen LogP contribution in [-0.4, -0.2) is 61.1 Å². The molecule has 6 heteroatoms. The Kier molecular flexibility index (Phi) is 6.50. The molecular formula is C20H29N3O3. The third-order valence-corrected chi connectivity index (χ3v) is 5.31. The van der Waals surface area contributed by atoms with Crippen molar-refractivity contribution in [3.05, 3.63) is 29.8 Å². The van der Waals surface area contributed by atoms with Gasteiger partial charge in [0.2, 0.25) is 5.91 Å². The number of anilines is 1. The van der Waals surface area contributed by atoms with Gasteiger partial charge < -0.3 is 19.9 Å². The highest BCUT2D eigenvalue weighted by molar-refractivity contribution is 5.90. The first-order valence-electron chi connectivity index (χ1n) is 9.69. The van der Waals surface area contributed by atoms with Gasteiger partial charge in [0.05, 0.1) is 0 Å². The Morgan fingerprint density at radius 3 is 2.54 bits per heavy atom. The van der Waals surface area contributed by atoms with E-state index in [2.05, 4.69) is 12.2 Å². The summed E-state index contributed by atoms with van der Waals surface area (Å²) in [4.78, 5) is 29.1. The van der Waals surface area contributed by atoms with Crippen LogP contribution in [0, 0.1) is 5.92 Å². The zero-order chi connectivity index (χ0) is 18.4. The average Bonchev–Trinajstić information content (AvgIpc) is 2.95. The number of hydrogen-bond donors (Lipinski definition) is 1. The van der Waals surface area contributed by atoms with Crippen LogP contribution in [0.15, 0.2) is 24.3 Å². The summed E-state index contributed by atoms with van der Waals surface area (Å²) >= 11 is 0. The van der Waals surface area contributed by atoms with Crippen molar-refractivity contribution in [2.75, 3.05) is 44.7 Å². The standard InChI is InChI=1S/C20H29N3O3/c1-2-16-6-3-4-7-18(16)21-20(25)23-11-5-10-22(12-13-23)19(24)17-8-14-26-15-9-17/h3-4,6-7,17H,2,5,8-15H2,1H3,(H,21,25). The van der Waals surface area contributed by atoms with Crippen molar-refractivity contribution in [1.29, 1.82) is 0 Å². The minimum absolute atomic E-state index is 0.0775. The van der Waals surface area contributed by atoms with Crippen molar-refractivity contribution < 1.29 is 14.3 Å². The molecule has 0 unspecified atom stereocenters. The Morgan fingerprint density at radius 2 is 1.77 bits per heavy atom. The molecule has 0 aliphatic carbocycles.